The maximum atomic E-state index is 11.4. The van der Waals surface area contributed by atoms with Gasteiger partial charge in [0.05, 0.1) is 0 Å². The van der Waals surface area contributed by atoms with Crippen molar-refractivity contribution in [3.05, 3.63) is 0 Å². The van der Waals surface area contributed by atoms with Crippen LogP contribution in [0.1, 0.15) is 79.6 Å². The lowest BCUT2D eigenvalue weighted by Gasteiger charge is -2.22. The standard InChI is InChI=1S/C17H33NO2/c1-6-9-10-11-12-13-18-14(4)16(7-2)15(5)20-17(19)8-3/h15-16H,6-13H2,1-5H3. The lowest BCUT2D eigenvalue weighted by molar-refractivity contribution is -0.149. The van der Waals surface area contributed by atoms with Gasteiger partial charge >= 0.3 is 5.97 Å². The van der Waals surface area contributed by atoms with Gasteiger partial charge in [-0.2, -0.15) is 0 Å². The van der Waals surface area contributed by atoms with Crippen LogP contribution in [0.3, 0.4) is 0 Å². The molecule has 0 radical (unpaired) electrons. The number of hydrogen-bond acceptors (Lipinski definition) is 3. The molecule has 118 valence electrons. The normalized spacial score (nSPS) is 14.9. The number of ether oxygens (including phenoxy) is 1. The number of hydrogen-bond donors (Lipinski definition) is 0. The van der Waals surface area contributed by atoms with Crippen molar-refractivity contribution in [3.63, 3.8) is 0 Å². The molecule has 0 bridgehead atoms. The highest BCUT2D eigenvalue weighted by Gasteiger charge is 2.21. The molecule has 0 spiro atoms. The third-order valence-electron chi connectivity index (χ3n) is 3.77. The topological polar surface area (TPSA) is 38.7 Å². The van der Waals surface area contributed by atoms with Crippen molar-refractivity contribution in [2.24, 2.45) is 10.9 Å². The Hall–Kier alpha value is -0.860. The van der Waals surface area contributed by atoms with Crippen molar-refractivity contribution in [3.8, 4) is 0 Å². The lowest BCUT2D eigenvalue weighted by Crippen LogP contribution is -2.28. The van der Waals surface area contributed by atoms with Crippen molar-refractivity contribution < 1.29 is 9.53 Å². The van der Waals surface area contributed by atoms with Crippen LogP contribution in [-0.4, -0.2) is 24.3 Å². The summed E-state index contributed by atoms with van der Waals surface area (Å²) in [4.78, 5) is 16.0. The number of unbranched alkanes of at least 4 members (excludes halogenated alkanes) is 4. The van der Waals surface area contributed by atoms with Gasteiger partial charge in [-0.15, -0.1) is 0 Å². The summed E-state index contributed by atoms with van der Waals surface area (Å²) in [5.41, 5.74) is 1.12. The molecule has 0 saturated carbocycles. The molecule has 0 aliphatic rings. The van der Waals surface area contributed by atoms with Gasteiger partial charge in [0.2, 0.25) is 0 Å². The van der Waals surface area contributed by atoms with E-state index in [0.29, 0.717) is 6.42 Å². The summed E-state index contributed by atoms with van der Waals surface area (Å²) in [7, 11) is 0. The molecule has 0 aromatic rings. The van der Waals surface area contributed by atoms with E-state index in [4.69, 9.17) is 4.74 Å². The number of esters is 1. The maximum Gasteiger partial charge on any atom is 0.305 e. The van der Waals surface area contributed by atoms with E-state index in [1.807, 2.05) is 13.8 Å². The fourth-order valence-corrected chi connectivity index (χ4v) is 2.43. The quantitative estimate of drug-likeness (QED) is 0.311. The molecular formula is C17H33NO2. The SMILES string of the molecule is CCCCCCCN=C(C)C(CC)C(C)OC(=O)CC. The van der Waals surface area contributed by atoms with E-state index < -0.39 is 0 Å². The molecular weight excluding hydrogens is 250 g/mol. The second-order valence-electron chi connectivity index (χ2n) is 5.50. The van der Waals surface area contributed by atoms with Gasteiger partial charge in [-0.25, -0.2) is 0 Å². The molecule has 0 aromatic heterocycles. The van der Waals surface area contributed by atoms with Gasteiger partial charge in [0.15, 0.2) is 0 Å². The number of carbonyl (C=O) groups excluding carboxylic acids is 1. The zero-order valence-electron chi connectivity index (χ0n) is 14.1. The zero-order valence-corrected chi connectivity index (χ0v) is 14.1. The van der Waals surface area contributed by atoms with Gasteiger partial charge in [0, 0.05) is 24.6 Å². The van der Waals surface area contributed by atoms with Crippen molar-refractivity contribution in [1.29, 1.82) is 0 Å². The Kier molecular flexibility index (Phi) is 11.4. The van der Waals surface area contributed by atoms with Gasteiger partial charge in [0.1, 0.15) is 6.10 Å². The molecule has 0 heterocycles. The largest absolute Gasteiger partial charge is 0.462 e. The Bertz CT molecular complexity index is 287. The molecule has 0 aliphatic carbocycles. The summed E-state index contributed by atoms with van der Waals surface area (Å²) < 4.78 is 5.41. The lowest BCUT2D eigenvalue weighted by atomic mass is 9.95. The Morgan fingerprint density at radius 1 is 1.10 bits per heavy atom. The van der Waals surface area contributed by atoms with Crippen LogP contribution in [0.15, 0.2) is 4.99 Å². The molecule has 0 amide bonds. The van der Waals surface area contributed by atoms with Crippen LogP contribution in [0, 0.1) is 5.92 Å². The minimum atomic E-state index is -0.122. The first-order valence-electron chi connectivity index (χ1n) is 8.27. The van der Waals surface area contributed by atoms with E-state index in [2.05, 4.69) is 25.8 Å². The fourth-order valence-electron chi connectivity index (χ4n) is 2.43. The van der Waals surface area contributed by atoms with Crippen LogP contribution < -0.4 is 0 Å². The number of nitrogens with zero attached hydrogens (tertiary/aromatic N) is 1. The minimum Gasteiger partial charge on any atom is -0.462 e. The van der Waals surface area contributed by atoms with Gasteiger partial charge in [0.25, 0.3) is 0 Å². The molecule has 0 rings (SSSR count). The first-order valence-corrected chi connectivity index (χ1v) is 8.27. The molecule has 0 aromatic carbocycles. The smallest absolute Gasteiger partial charge is 0.305 e. The molecule has 0 aliphatic heterocycles. The summed E-state index contributed by atoms with van der Waals surface area (Å²) >= 11 is 0. The van der Waals surface area contributed by atoms with E-state index in [9.17, 15) is 4.79 Å². The number of rotatable bonds is 11. The number of aliphatic imine (C=N–C) groups is 1. The van der Waals surface area contributed by atoms with E-state index in [1.165, 1.54) is 25.7 Å². The highest BCUT2D eigenvalue weighted by Crippen LogP contribution is 2.15. The van der Waals surface area contributed by atoms with Crippen LogP contribution in [0.4, 0.5) is 0 Å². The van der Waals surface area contributed by atoms with Crippen LogP contribution in [0.2, 0.25) is 0 Å². The minimum absolute atomic E-state index is 0.0729. The van der Waals surface area contributed by atoms with Gasteiger partial charge in [-0.1, -0.05) is 46.5 Å². The second-order valence-corrected chi connectivity index (χ2v) is 5.50. The zero-order chi connectivity index (χ0) is 15.4. The summed E-state index contributed by atoms with van der Waals surface area (Å²) in [6.07, 6.45) is 7.67. The van der Waals surface area contributed by atoms with Crippen LogP contribution in [0.5, 0.6) is 0 Å². The molecule has 20 heavy (non-hydrogen) atoms. The summed E-state index contributed by atoms with van der Waals surface area (Å²) in [6.45, 7) is 11.1. The molecule has 2 unspecified atom stereocenters. The summed E-state index contributed by atoms with van der Waals surface area (Å²) in [5, 5.41) is 0. The fraction of sp³-hybridized carbons (Fsp3) is 0.882. The molecule has 2 atom stereocenters. The third-order valence-corrected chi connectivity index (χ3v) is 3.77. The van der Waals surface area contributed by atoms with Crippen molar-refractivity contribution in [2.75, 3.05) is 6.54 Å². The van der Waals surface area contributed by atoms with Gasteiger partial charge in [-0.05, 0) is 26.7 Å². The number of carbonyl (C=O) groups is 1. The summed E-state index contributed by atoms with van der Waals surface area (Å²) in [5.74, 6) is 0.129. The monoisotopic (exact) mass is 283 g/mol. The predicted molar refractivity (Wildman–Crippen MR) is 86.4 cm³/mol. The van der Waals surface area contributed by atoms with Crippen molar-refractivity contribution in [1.82, 2.24) is 0 Å². The Labute approximate surface area is 125 Å². The maximum absolute atomic E-state index is 11.4. The Balaban J connectivity index is 4.17. The third kappa shape index (κ3) is 8.34. The van der Waals surface area contributed by atoms with Gasteiger partial charge in [-0.3, -0.25) is 9.79 Å². The first-order chi connectivity index (χ1) is 9.56. The van der Waals surface area contributed by atoms with Crippen molar-refractivity contribution in [2.45, 2.75) is 85.7 Å². The molecule has 3 heteroatoms. The second kappa shape index (κ2) is 11.9. The summed E-state index contributed by atoms with van der Waals surface area (Å²) in [6, 6.07) is 0. The highest BCUT2D eigenvalue weighted by molar-refractivity contribution is 5.85. The van der Waals surface area contributed by atoms with Crippen molar-refractivity contribution >= 4 is 11.7 Å². The molecule has 3 nitrogen and oxygen atoms in total. The molecule has 0 saturated heterocycles. The highest BCUT2D eigenvalue weighted by atomic mass is 16.5. The average Bonchev–Trinajstić information content (AvgIpc) is 2.43. The first kappa shape index (κ1) is 19.1. The van der Waals surface area contributed by atoms with Crippen LogP contribution in [0.25, 0.3) is 0 Å². The molecule has 0 N–H and O–H groups in total. The average molecular weight is 283 g/mol. The van der Waals surface area contributed by atoms with Gasteiger partial charge < -0.3 is 4.74 Å². The van der Waals surface area contributed by atoms with E-state index in [0.717, 1.165) is 25.1 Å². The van der Waals surface area contributed by atoms with E-state index >= 15 is 0 Å². The molecule has 0 fully saturated rings. The Morgan fingerprint density at radius 3 is 2.30 bits per heavy atom. The van der Waals surface area contributed by atoms with E-state index in [-0.39, 0.29) is 18.0 Å². The van der Waals surface area contributed by atoms with Crippen LogP contribution in [-0.2, 0) is 9.53 Å². The predicted octanol–water partition coefficient (Wildman–Crippen LogP) is 4.79. The Morgan fingerprint density at radius 2 is 1.75 bits per heavy atom. The van der Waals surface area contributed by atoms with Crippen LogP contribution >= 0.6 is 0 Å². The van der Waals surface area contributed by atoms with E-state index in [1.54, 1.807) is 0 Å².